The average molecular weight is 663 g/mol. The molecule has 0 aliphatic carbocycles. The number of para-hydroxylation sites is 3. The van der Waals surface area contributed by atoms with Gasteiger partial charge >= 0.3 is 0 Å². The largest absolute Gasteiger partial charge is 0.456 e. The normalized spacial score (nSPS) is 11.8. The standard InChI is InChI=1S/C48H31BN2O/c1-3-14-32(15-4-1)49(33-16-5-2-6-17-33)34-18-13-19-35(30-34)50-43-23-10-7-20-37(43)40-27-28-41-38-21-8-11-24-44(38)51(48(41)47(40)50)36-26-29-46-42(31-36)39-22-9-12-25-45(39)52-46/h1-31H. The molecule has 0 atom stereocenters. The number of hydrogen-bond donors (Lipinski definition) is 0. The third-order valence-corrected chi connectivity index (χ3v) is 10.8. The van der Waals surface area contributed by atoms with Gasteiger partial charge in [0.05, 0.1) is 22.1 Å². The summed E-state index contributed by atoms with van der Waals surface area (Å²) in [6.07, 6.45) is 0. The van der Waals surface area contributed by atoms with Crippen molar-refractivity contribution in [2.75, 3.05) is 0 Å². The van der Waals surface area contributed by atoms with E-state index in [1.54, 1.807) is 0 Å². The summed E-state index contributed by atoms with van der Waals surface area (Å²) in [4.78, 5) is 0. The molecule has 0 amide bonds. The Bertz CT molecular complexity index is 3090. The summed E-state index contributed by atoms with van der Waals surface area (Å²) in [7, 11) is 0. The van der Waals surface area contributed by atoms with E-state index in [4.69, 9.17) is 4.42 Å². The lowest BCUT2D eigenvalue weighted by atomic mass is 9.37. The van der Waals surface area contributed by atoms with Gasteiger partial charge in [-0.25, -0.2) is 0 Å². The highest BCUT2D eigenvalue weighted by atomic mass is 16.3. The van der Waals surface area contributed by atoms with Crippen LogP contribution in [0.25, 0.3) is 76.9 Å². The monoisotopic (exact) mass is 662 g/mol. The number of benzene rings is 8. The maximum absolute atomic E-state index is 6.27. The van der Waals surface area contributed by atoms with Gasteiger partial charge in [-0.2, -0.15) is 0 Å². The predicted molar refractivity (Wildman–Crippen MR) is 220 cm³/mol. The summed E-state index contributed by atoms with van der Waals surface area (Å²) in [6, 6.07) is 68.1. The van der Waals surface area contributed by atoms with Gasteiger partial charge in [0.1, 0.15) is 11.2 Å². The molecule has 11 aromatic rings. The quantitative estimate of drug-likeness (QED) is 0.168. The van der Waals surface area contributed by atoms with Gasteiger partial charge in [-0.05, 0) is 48.5 Å². The second-order valence-electron chi connectivity index (χ2n) is 13.7. The van der Waals surface area contributed by atoms with Crippen molar-refractivity contribution in [3.63, 3.8) is 0 Å². The molecule has 3 heterocycles. The fraction of sp³-hybridized carbons (Fsp3) is 0. The van der Waals surface area contributed by atoms with E-state index in [2.05, 4.69) is 185 Å². The first-order valence-electron chi connectivity index (χ1n) is 17.9. The number of nitrogens with zero attached hydrogens (tertiary/aromatic N) is 2. The average Bonchev–Trinajstić information content (AvgIpc) is 3.86. The fourth-order valence-electron chi connectivity index (χ4n) is 8.60. The SMILES string of the molecule is c1ccc(B(c2ccccc2)c2cccc(-n3c4ccccc4c4ccc5c6ccccc6n(-c6ccc7oc8ccccc8c7c6)c5c43)c2)cc1. The van der Waals surface area contributed by atoms with Gasteiger partial charge in [0, 0.05) is 43.7 Å². The van der Waals surface area contributed by atoms with Gasteiger partial charge in [-0.1, -0.05) is 156 Å². The first kappa shape index (κ1) is 29.0. The van der Waals surface area contributed by atoms with E-state index >= 15 is 0 Å². The highest BCUT2D eigenvalue weighted by Crippen LogP contribution is 2.42. The number of fused-ring (bicyclic) bond motifs is 10. The zero-order valence-electron chi connectivity index (χ0n) is 28.3. The van der Waals surface area contributed by atoms with E-state index in [1.165, 1.54) is 60.0 Å². The van der Waals surface area contributed by atoms with Gasteiger partial charge in [-0.15, -0.1) is 0 Å². The predicted octanol–water partition coefficient (Wildman–Crippen LogP) is 10.3. The van der Waals surface area contributed by atoms with Crippen molar-refractivity contribution in [2.45, 2.75) is 0 Å². The topological polar surface area (TPSA) is 23.0 Å². The minimum atomic E-state index is 0.0958. The molecule has 0 bridgehead atoms. The molecular formula is C48H31BN2O. The molecule has 0 saturated heterocycles. The van der Waals surface area contributed by atoms with Gasteiger partial charge in [-0.3, -0.25) is 0 Å². The lowest BCUT2D eigenvalue weighted by molar-refractivity contribution is 0.669. The van der Waals surface area contributed by atoms with Crippen LogP contribution >= 0.6 is 0 Å². The smallest absolute Gasteiger partial charge is 0.241 e. The molecule has 0 fully saturated rings. The Morgan fingerprint density at radius 3 is 1.46 bits per heavy atom. The molecule has 8 aromatic carbocycles. The van der Waals surface area contributed by atoms with Crippen LogP contribution in [0.5, 0.6) is 0 Å². The van der Waals surface area contributed by atoms with Crippen molar-refractivity contribution in [2.24, 2.45) is 0 Å². The Morgan fingerprint density at radius 1 is 0.327 bits per heavy atom. The van der Waals surface area contributed by atoms with Crippen molar-refractivity contribution >= 4 is 88.7 Å². The van der Waals surface area contributed by atoms with Crippen molar-refractivity contribution in [3.8, 4) is 11.4 Å². The molecule has 3 nitrogen and oxygen atoms in total. The zero-order valence-corrected chi connectivity index (χ0v) is 28.3. The Hall–Kier alpha value is -6.78. The summed E-state index contributed by atoms with van der Waals surface area (Å²) >= 11 is 0. The molecule has 52 heavy (non-hydrogen) atoms. The lowest BCUT2D eigenvalue weighted by Crippen LogP contribution is -2.51. The number of aromatic nitrogens is 2. The summed E-state index contributed by atoms with van der Waals surface area (Å²) < 4.78 is 11.2. The molecule has 3 aromatic heterocycles. The van der Waals surface area contributed by atoms with Crippen molar-refractivity contribution < 1.29 is 4.42 Å². The molecule has 242 valence electrons. The van der Waals surface area contributed by atoms with Crippen LogP contribution in [0, 0.1) is 0 Å². The first-order chi connectivity index (χ1) is 25.8. The highest BCUT2D eigenvalue weighted by Gasteiger charge is 2.24. The molecule has 0 unspecified atom stereocenters. The molecule has 0 aliphatic heterocycles. The van der Waals surface area contributed by atoms with Crippen LogP contribution in [0.3, 0.4) is 0 Å². The minimum absolute atomic E-state index is 0.0958. The summed E-state index contributed by atoms with van der Waals surface area (Å²) in [5.74, 6) is 0. The van der Waals surface area contributed by atoms with Crippen LogP contribution in [0.2, 0.25) is 0 Å². The minimum Gasteiger partial charge on any atom is -0.456 e. The number of rotatable bonds is 5. The Balaban J connectivity index is 1.24. The molecular weight excluding hydrogens is 631 g/mol. The number of furan rings is 1. The number of hydrogen-bond acceptors (Lipinski definition) is 1. The van der Waals surface area contributed by atoms with Gasteiger partial charge in [0.25, 0.3) is 0 Å². The van der Waals surface area contributed by atoms with Crippen molar-refractivity contribution in [1.82, 2.24) is 9.13 Å². The highest BCUT2D eigenvalue weighted by molar-refractivity contribution is 6.95. The molecule has 0 saturated carbocycles. The van der Waals surface area contributed by atoms with E-state index in [0.29, 0.717) is 0 Å². The fourth-order valence-corrected chi connectivity index (χ4v) is 8.60. The van der Waals surface area contributed by atoms with E-state index in [-0.39, 0.29) is 6.71 Å². The Labute approximate surface area is 300 Å². The molecule has 0 spiro atoms. The van der Waals surface area contributed by atoms with Crippen LogP contribution in [-0.4, -0.2) is 15.8 Å². The van der Waals surface area contributed by atoms with Crippen LogP contribution < -0.4 is 16.4 Å². The zero-order chi connectivity index (χ0) is 34.2. The molecule has 0 aliphatic rings. The second kappa shape index (κ2) is 11.4. The third kappa shape index (κ3) is 4.28. The van der Waals surface area contributed by atoms with E-state index in [1.807, 2.05) is 12.1 Å². The van der Waals surface area contributed by atoms with Crippen molar-refractivity contribution in [1.29, 1.82) is 0 Å². The van der Waals surface area contributed by atoms with Gasteiger partial charge in [0.15, 0.2) is 0 Å². The van der Waals surface area contributed by atoms with Crippen LogP contribution in [0.4, 0.5) is 0 Å². The first-order valence-corrected chi connectivity index (χ1v) is 17.9. The maximum Gasteiger partial charge on any atom is 0.241 e. The van der Waals surface area contributed by atoms with Gasteiger partial charge in [0.2, 0.25) is 6.71 Å². The van der Waals surface area contributed by atoms with Crippen LogP contribution in [0.1, 0.15) is 0 Å². The van der Waals surface area contributed by atoms with Crippen molar-refractivity contribution in [3.05, 3.63) is 188 Å². The lowest BCUT2D eigenvalue weighted by Gasteiger charge is -2.18. The Kier molecular flexibility index (Phi) is 6.35. The summed E-state index contributed by atoms with van der Waals surface area (Å²) in [6.45, 7) is 0.0958. The second-order valence-corrected chi connectivity index (χ2v) is 13.7. The third-order valence-electron chi connectivity index (χ3n) is 10.8. The van der Waals surface area contributed by atoms with E-state index < -0.39 is 0 Å². The maximum atomic E-state index is 6.27. The molecule has 0 N–H and O–H groups in total. The Morgan fingerprint density at radius 2 is 0.827 bits per heavy atom. The summed E-state index contributed by atoms with van der Waals surface area (Å²) in [5, 5.41) is 7.17. The summed E-state index contributed by atoms with van der Waals surface area (Å²) in [5.41, 5.74) is 12.6. The van der Waals surface area contributed by atoms with E-state index in [9.17, 15) is 0 Å². The molecule has 0 radical (unpaired) electrons. The van der Waals surface area contributed by atoms with Crippen LogP contribution in [0.15, 0.2) is 192 Å². The van der Waals surface area contributed by atoms with Gasteiger partial charge < -0.3 is 13.6 Å². The molecule has 11 rings (SSSR count). The van der Waals surface area contributed by atoms with Crippen LogP contribution in [-0.2, 0) is 0 Å². The van der Waals surface area contributed by atoms with E-state index in [0.717, 1.165) is 33.3 Å². The molecule has 4 heteroatoms.